The van der Waals surface area contributed by atoms with Gasteiger partial charge in [0.15, 0.2) is 5.78 Å². The van der Waals surface area contributed by atoms with Crippen LogP contribution in [0.3, 0.4) is 0 Å². The molecule has 2 aliphatic carbocycles. The quantitative estimate of drug-likeness (QED) is 0.518. The molecule has 0 bridgehead atoms. The van der Waals surface area contributed by atoms with E-state index in [2.05, 4.69) is 15.6 Å². The van der Waals surface area contributed by atoms with Gasteiger partial charge < -0.3 is 20.4 Å². The maximum absolute atomic E-state index is 12.6. The highest BCUT2D eigenvalue weighted by atomic mass is 16.5. The number of aryl methyl sites for hydroxylation is 1. The molecular weight excluding hydrogens is 342 g/mol. The van der Waals surface area contributed by atoms with Crippen LogP contribution in [0.5, 0.6) is 5.75 Å². The third-order valence-electron chi connectivity index (χ3n) is 5.06. The number of ether oxygens (including phenoxy) is 1. The van der Waals surface area contributed by atoms with E-state index in [1.54, 1.807) is 6.20 Å². The van der Waals surface area contributed by atoms with Crippen molar-refractivity contribution in [2.75, 3.05) is 18.5 Å². The Morgan fingerprint density at radius 2 is 1.93 bits per heavy atom. The summed E-state index contributed by atoms with van der Waals surface area (Å²) in [6.45, 7) is 1.47. The van der Waals surface area contributed by atoms with E-state index in [1.807, 2.05) is 24.3 Å². The molecule has 2 aliphatic rings. The molecule has 4 rings (SSSR count). The molecule has 27 heavy (non-hydrogen) atoms. The molecule has 3 N–H and O–H groups in total. The smallest absolute Gasteiger partial charge is 0.257 e. The lowest BCUT2D eigenvalue weighted by Crippen LogP contribution is -2.22. The van der Waals surface area contributed by atoms with Gasteiger partial charge in [-0.05, 0) is 56.4 Å². The molecule has 0 atom stereocenters. The number of carbonyl (C=O) groups is 2. The van der Waals surface area contributed by atoms with E-state index in [0.717, 1.165) is 37.3 Å². The van der Waals surface area contributed by atoms with Crippen molar-refractivity contribution < 1.29 is 14.3 Å². The number of hydrogen-bond donors (Lipinski definition) is 3. The second-order valence-electron chi connectivity index (χ2n) is 7.24. The van der Waals surface area contributed by atoms with Crippen molar-refractivity contribution in [3.8, 4) is 5.75 Å². The number of hydrogen-bond acceptors (Lipinski definition) is 4. The van der Waals surface area contributed by atoms with Crippen molar-refractivity contribution in [2.24, 2.45) is 0 Å². The van der Waals surface area contributed by atoms with Crippen LogP contribution < -0.4 is 15.4 Å². The Kier molecular flexibility index (Phi) is 5.25. The molecule has 2 aromatic rings. The molecule has 6 heteroatoms. The Bertz CT molecular complexity index is 822. The number of Topliss-reactive ketones (excluding diaryl/α,β-unsaturated/α-hetero) is 1. The van der Waals surface area contributed by atoms with Crippen LogP contribution in [0.1, 0.15) is 58.5 Å². The number of benzene rings is 1. The molecule has 142 valence electrons. The fraction of sp³-hybridized carbons (Fsp3) is 0.429. The third kappa shape index (κ3) is 4.39. The molecule has 1 heterocycles. The molecule has 1 aromatic heterocycles. The standard InChI is InChI=1S/C21H25N3O3/c25-19-4-2-1-3-18-20(19)17(13-23-18)21(26)24-15-7-9-16(10-8-15)27-12-11-22-14-5-6-14/h7-10,13-14,22-23H,1-6,11-12H2,(H,24,26). The number of aromatic amines is 1. The number of carbonyl (C=O) groups excluding carboxylic acids is 2. The summed E-state index contributed by atoms with van der Waals surface area (Å²) in [6, 6.07) is 8.00. The number of nitrogens with one attached hydrogen (secondary N) is 3. The molecule has 1 fully saturated rings. The monoisotopic (exact) mass is 367 g/mol. The van der Waals surface area contributed by atoms with Crippen LogP contribution in [0.15, 0.2) is 30.5 Å². The number of H-pyrrole nitrogens is 1. The maximum atomic E-state index is 12.6. The number of amides is 1. The fourth-order valence-corrected chi connectivity index (χ4v) is 3.43. The minimum atomic E-state index is -0.259. The number of aromatic nitrogens is 1. The summed E-state index contributed by atoms with van der Waals surface area (Å²) in [6.07, 6.45) is 7.35. The fourth-order valence-electron chi connectivity index (χ4n) is 3.43. The first-order valence-electron chi connectivity index (χ1n) is 9.72. The van der Waals surface area contributed by atoms with E-state index in [4.69, 9.17) is 4.74 Å². The lowest BCUT2D eigenvalue weighted by molar-refractivity contribution is 0.0965. The van der Waals surface area contributed by atoms with Crippen LogP contribution in [-0.4, -0.2) is 35.9 Å². The zero-order valence-electron chi connectivity index (χ0n) is 15.3. The predicted octanol–water partition coefficient (Wildman–Crippen LogP) is 3.31. The van der Waals surface area contributed by atoms with Crippen molar-refractivity contribution in [3.05, 3.63) is 47.3 Å². The van der Waals surface area contributed by atoms with Gasteiger partial charge in [-0.3, -0.25) is 9.59 Å². The molecule has 0 aliphatic heterocycles. The SMILES string of the molecule is O=C(Nc1ccc(OCCNC2CC2)cc1)c1c[nH]c2c1C(=O)CCCC2. The largest absolute Gasteiger partial charge is 0.492 e. The van der Waals surface area contributed by atoms with Gasteiger partial charge in [0.2, 0.25) is 0 Å². The van der Waals surface area contributed by atoms with E-state index < -0.39 is 0 Å². The number of fused-ring (bicyclic) bond motifs is 1. The first-order valence-corrected chi connectivity index (χ1v) is 9.72. The van der Waals surface area contributed by atoms with E-state index >= 15 is 0 Å². The van der Waals surface area contributed by atoms with Crippen LogP contribution in [0, 0.1) is 0 Å². The van der Waals surface area contributed by atoms with Crippen molar-refractivity contribution in [2.45, 2.75) is 44.6 Å². The number of rotatable bonds is 7. The summed E-state index contributed by atoms with van der Waals surface area (Å²) in [4.78, 5) is 28.1. The Hall–Kier alpha value is -2.60. The molecule has 1 saturated carbocycles. The van der Waals surface area contributed by atoms with Gasteiger partial charge in [0.25, 0.3) is 5.91 Å². The Morgan fingerprint density at radius 1 is 1.15 bits per heavy atom. The van der Waals surface area contributed by atoms with Crippen LogP contribution in [0.25, 0.3) is 0 Å². The van der Waals surface area contributed by atoms with Crippen LogP contribution in [0.4, 0.5) is 5.69 Å². The van der Waals surface area contributed by atoms with Gasteiger partial charge in [-0.1, -0.05) is 0 Å². The minimum absolute atomic E-state index is 0.0532. The number of anilines is 1. The first kappa shape index (κ1) is 17.8. The highest BCUT2D eigenvalue weighted by Crippen LogP contribution is 2.25. The van der Waals surface area contributed by atoms with Gasteiger partial charge in [-0.15, -0.1) is 0 Å². The molecule has 0 radical (unpaired) electrons. The van der Waals surface area contributed by atoms with Gasteiger partial charge in [0.1, 0.15) is 12.4 Å². The van der Waals surface area contributed by atoms with Crippen molar-refractivity contribution in [1.82, 2.24) is 10.3 Å². The van der Waals surface area contributed by atoms with Gasteiger partial charge in [0, 0.05) is 36.6 Å². The summed E-state index contributed by atoms with van der Waals surface area (Å²) < 4.78 is 5.69. The van der Waals surface area contributed by atoms with Crippen molar-refractivity contribution in [3.63, 3.8) is 0 Å². The first-order chi connectivity index (χ1) is 13.2. The molecule has 1 amide bonds. The topological polar surface area (TPSA) is 83.2 Å². The van der Waals surface area contributed by atoms with Gasteiger partial charge in [-0.25, -0.2) is 0 Å². The Labute approximate surface area is 158 Å². The van der Waals surface area contributed by atoms with Crippen molar-refractivity contribution in [1.29, 1.82) is 0 Å². The van der Waals surface area contributed by atoms with Crippen LogP contribution in [-0.2, 0) is 6.42 Å². The average molecular weight is 367 g/mol. The zero-order chi connectivity index (χ0) is 18.6. The van der Waals surface area contributed by atoms with Crippen LogP contribution in [0.2, 0.25) is 0 Å². The molecule has 1 aromatic carbocycles. The molecule has 0 unspecified atom stereocenters. The average Bonchev–Trinajstić information content (AvgIpc) is 3.43. The summed E-state index contributed by atoms with van der Waals surface area (Å²) in [5.41, 5.74) is 2.56. The van der Waals surface area contributed by atoms with Gasteiger partial charge >= 0.3 is 0 Å². The summed E-state index contributed by atoms with van der Waals surface area (Å²) in [5, 5.41) is 6.27. The summed E-state index contributed by atoms with van der Waals surface area (Å²) >= 11 is 0. The molecular formula is C21H25N3O3. The lowest BCUT2D eigenvalue weighted by atomic mass is 10.0. The highest BCUT2D eigenvalue weighted by molar-refractivity contribution is 6.13. The second kappa shape index (κ2) is 7.96. The van der Waals surface area contributed by atoms with Gasteiger partial charge in [-0.2, -0.15) is 0 Å². The van der Waals surface area contributed by atoms with E-state index in [9.17, 15) is 9.59 Å². The molecule has 6 nitrogen and oxygen atoms in total. The summed E-state index contributed by atoms with van der Waals surface area (Å²) in [7, 11) is 0. The Morgan fingerprint density at radius 3 is 2.70 bits per heavy atom. The Balaban J connectivity index is 1.35. The van der Waals surface area contributed by atoms with Crippen molar-refractivity contribution >= 4 is 17.4 Å². The normalized spacial score (nSPS) is 16.5. The van der Waals surface area contributed by atoms with Gasteiger partial charge in [0.05, 0.1) is 11.1 Å². The minimum Gasteiger partial charge on any atom is -0.492 e. The maximum Gasteiger partial charge on any atom is 0.257 e. The highest BCUT2D eigenvalue weighted by Gasteiger charge is 2.24. The van der Waals surface area contributed by atoms with E-state index in [1.165, 1.54) is 12.8 Å². The van der Waals surface area contributed by atoms with E-state index in [0.29, 0.717) is 35.9 Å². The lowest BCUT2D eigenvalue weighted by Gasteiger charge is -2.09. The zero-order valence-corrected chi connectivity index (χ0v) is 15.3. The van der Waals surface area contributed by atoms with E-state index in [-0.39, 0.29) is 11.7 Å². The predicted molar refractivity (Wildman–Crippen MR) is 104 cm³/mol. The molecule has 0 spiro atoms. The molecule has 0 saturated heterocycles. The number of ketones is 1. The second-order valence-corrected chi connectivity index (χ2v) is 7.24. The summed E-state index contributed by atoms with van der Waals surface area (Å²) in [5.74, 6) is 0.568. The third-order valence-corrected chi connectivity index (χ3v) is 5.06. The van der Waals surface area contributed by atoms with Crippen LogP contribution >= 0.6 is 0 Å².